The quantitative estimate of drug-likeness (QED) is 0.465. The molecule has 2 aromatic rings. The molecule has 0 aliphatic carbocycles. The van der Waals surface area contributed by atoms with Crippen LogP contribution >= 0.6 is 11.6 Å². The van der Waals surface area contributed by atoms with Crippen LogP contribution in [-0.2, 0) is 9.53 Å². The van der Waals surface area contributed by atoms with E-state index in [4.69, 9.17) is 11.6 Å². The Morgan fingerprint density at radius 2 is 2.18 bits per heavy atom. The number of fused-ring (bicyclic) bond motifs is 1. The van der Waals surface area contributed by atoms with Crippen molar-refractivity contribution in [2.75, 3.05) is 7.11 Å². The highest BCUT2D eigenvalue weighted by atomic mass is 35.5. The molecule has 3 nitrogen and oxygen atoms in total. The van der Waals surface area contributed by atoms with E-state index in [2.05, 4.69) is 9.72 Å². The van der Waals surface area contributed by atoms with E-state index >= 15 is 0 Å². The van der Waals surface area contributed by atoms with E-state index in [1.54, 1.807) is 6.08 Å². The number of methoxy groups -OCH3 is 1. The number of pyridine rings is 1. The normalized spacial score (nSPS) is 10.9. The highest BCUT2D eigenvalue weighted by Crippen LogP contribution is 2.21. The molecule has 17 heavy (non-hydrogen) atoms. The number of aromatic nitrogens is 1. The van der Waals surface area contributed by atoms with Gasteiger partial charge >= 0.3 is 5.97 Å². The van der Waals surface area contributed by atoms with Crippen LogP contribution in [0.25, 0.3) is 17.0 Å². The van der Waals surface area contributed by atoms with Gasteiger partial charge in [0, 0.05) is 17.0 Å². The van der Waals surface area contributed by atoms with Crippen LogP contribution < -0.4 is 0 Å². The predicted octanol–water partition coefficient (Wildman–Crippen LogP) is 3.07. The first-order valence-electron chi connectivity index (χ1n) is 5.02. The van der Waals surface area contributed by atoms with Gasteiger partial charge in [-0.2, -0.15) is 0 Å². The summed E-state index contributed by atoms with van der Waals surface area (Å²) in [6, 6.07) is 9.52. The maximum Gasteiger partial charge on any atom is 0.330 e. The summed E-state index contributed by atoms with van der Waals surface area (Å²) in [5.41, 5.74) is 1.52. The maximum absolute atomic E-state index is 11.0. The van der Waals surface area contributed by atoms with Crippen molar-refractivity contribution in [3.05, 3.63) is 47.1 Å². The molecule has 1 heterocycles. The summed E-state index contributed by atoms with van der Waals surface area (Å²) in [7, 11) is 1.33. The molecule has 1 aromatic carbocycles. The van der Waals surface area contributed by atoms with Crippen molar-refractivity contribution in [2.24, 2.45) is 0 Å². The van der Waals surface area contributed by atoms with Gasteiger partial charge in [-0.1, -0.05) is 29.8 Å². The number of para-hydroxylation sites is 1. The largest absolute Gasteiger partial charge is 0.466 e. The van der Waals surface area contributed by atoms with Gasteiger partial charge in [-0.15, -0.1) is 0 Å². The smallest absolute Gasteiger partial charge is 0.330 e. The van der Waals surface area contributed by atoms with Crippen molar-refractivity contribution in [2.45, 2.75) is 0 Å². The summed E-state index contributed by atoms with van der Waals surface area (Å²) in [5, 5.41) is 1.34. The van der Waals surface area contributed by atoms with Crippen LogP contribution in [0.4, 0.5) is 0 Å². The van der Waals surface area contributed by atoms with Gasteiger partial charge in [0.1, 0.15) is 5.15 Å². The molecule has 0 spiro atoms. The minimum atomic E-state index is -0.422. The SMILES string of the molecule is COC(=O)C=Cc1cc2ccccc2nc1Cl. The van der Waals surface area contributed by atoms with Gasteiger partial charge < -0.3 is 4.74 Å². The zero-order valence-corrected chi connectivity index (χ0v) is 9.94. The highest BCUT2D eigenvalue weighted by molar-refractivity contribution is 6.31. The molecule has 0 unspecified atom stereocenters. The van der Waals surface area contributed by atoms with Crippen LogP contribution in [0.2, 0.25) is 5.15 Å². The van der Waals surface area contributed by atoms with Crippen LogP contribution in [0.1, 0.15) is 5.56 Å². The molecule has 4 heteroatoms. The minimum Gasteiger partial charge on any atom is -0.466 e. The molecule has 0 radical (unpaired) electrons. The van der Waals surface area contributed by atoms with E-state index < -0.39 is 5.97 Å². The lowest BCUT2D eigenvalue weighted by Crippen LogP contribution is -1.93. The predicted molar refractivity (Wildman–Crippen MR) is 67.8 cm³/mol. The van der Waals surface area contributed by atoms with Gasteiger partial charge in [-0.3, -0.25) is 0 Å². The fourth-order valence-electron chi connectivity index (χ4n) is 1.45. The number of carbonyl (C=O) groups is 1. The molecule has 0 saturated heterocycles. The topological polar surface area (TPSA) is 39.2 Å². The van der Waals surface area contributed by atoms with Crippen molar-refractivity contribution in [1.29, 1.82) is 0 Å². The molecular weight excluding hydrogens is 238 g/mol. The Bertz CT molecular complexity index is 593. The average Bonchev–Trinajstić information content (AvgIpc) is 2.35. The van der Waals surface area contributed by atoms with E-state index in [1.807, 2.05) is 30.3 Å². The maximum atomic E-state index is 11.0. The summed E-state index contributed by atoms with van der Waals surface area (Å²) >= 11 is 6.02. The zero-order chi connectivity index (χ0) is 12.3. The third-order valence-electron chi connectivity index (χ3n) is 2.30. The Morgan fingerprint density at radius 3 is 2.94 bits per heavy atom. The Morgan fingerprint density at radius 1 is 1.41 bits per heavy atom. The molecule has 0 amide bonds. The number of carbonyl (C=O) groups excluding carboxylic acids is 1. The van der Waals surface area contributed by atoms with Crippen molar-refractivity contribution >= 4 is 34.5 Å². The molecular formula is C13H10ClNO2. The number of esters is 1. The molecule has 2 rings (SSSR count). The number of rotatable bonds is 2. The van der Waals surface area contributed by atoms with Crippen LogP contribution in [0.3, 0.4) is 0 Å². The Labute approximate surface area is 104 Å². The van der Waals surface area contributed by atoms with Crippen molar-refractivity contribution < 1.29 is 9.53 Å². The van der Waals surface area contributed by atoms with Gasteiger partial charge in [-0.25, -0.2) is 9.78 Å². The van der Waals surface area contributed by atoms with Gasteiger partial charge in [0.2, 0.25) is 0 Å². The Balaban J connectivity index is 2.44. The van der Waals surface area contributed by atoms with Crippen molar-refractivity contribution in [1.82, 2.24) is 4.98 Å². The fourth-order valence-corrected chi connectivity index (χ4v) is 1.66. The van der Waals surface area contributed by atoms with Gasteiger partial charge in [0.15, 0.2) is 0 Å². The van der Waals surface area contributed by atoms with Crippen LogP contribution in [-0.4, -0.2) is 18.1 Å². The standard InChI is InChI=1S/C13H10ClNO2/c1-17-12(16)7-6-10-8-9-4-2-3-5-11(9)15-13(10)14/h2-8H,1H3. The Kier molecular flexibility index (Phi) is 3.40. The minimum absolute atomic E-state index is 0.365. The average molecular weight is 248 g/mol. The monoisotopic (exact) mass is 247 g/mol. The van der Waals surface area contributed by atoms with Gasteiger partial charge in [0.05, 0.1) is 12.6 Å². The van der Waals surface area contributed by atoms with E-state index in [-0.39, 0.29) is 0 Å². The highest BCUT2D eigenvalue weighted by Gasteiger charge is 2.02. The number of benzene rings is 1. The summed E-state index contributed by atoms with van der Waals surface area (Å²) in [4.78, 5) is 15.2. The molecule has 0 saturated carbocycles. The summed E-state index contributed by atoms with van der Waals surface area (Å²) in [6.45, 7) is 0. The van der Waals surface area contributed by atoms with Crippen LogP contribution in [0, 0.1) is 0 Å². The third kappa shape index (κ3) is 2.63. The van der Waals surface area contributed by atoms with Gasteiger partial charge in [-0.05, 0) is 18.2 Å². The summed E-state index contributed by atoms with van der Waals surface area (Å²) in [6.07, 6.45) is 2.91. The molecule has 0 atom stereocenters. The van der Waals surface area contributed by atoms with Crippen molar-refractivity contribution in [3.63, 3.8) is 0 Å². The van der Waals surface area contributed by atoms with E-state index in [0.29, 0.717) is 10.7 Å². The van der Waals surface area contributed by atoms with E-state index in [0.717, 1.165) is 10.9 Å². The first kappa shape index (κ1) is 11.6. The molecule has 0 fully saturated rings. The van der Waals surface area contributed by atoms with Gasteiger partial charge in [0.25, 0.3) is 0 Å². The van der Waals surface area contributed by atoms with E-state index in [1.165, 1.54) is 13.2 Å². The zero-order valence-electron chi connectivity index (χ0n) is 9.18. The lowest BCUT2D eigenvalue weighted by atomic mass is 10.1. The summed E-state index contributed by atoms with van der Waals surface area (Å²) < 4.78 is 4.51. The number of hydrogen-bond donors (Lipinski definition) is 0. The molecule has 86 valence electrons. The number of ether oxygens (including phenoxy) is 1. The second-order valence-corrected chi connectivity index (χ2v) is 3.78. The van der Waals surface area contributed by atoms with Crippen LogP contribution in [0.15, 0.2) is 36.4 Å². The molecule has 1 aromatic heterocycles. The molecule has 0 N–H and O–H groups in total. The number of nitrogens with zero attached hydrogens (tertiary/aromatic N) is 1. The van der Waals surface area contributed by atoms with E-state index in [9.17, 15) is 4.79 Å². The number of hydrogen-bond acceptors (Lipinski definition) is 3. The first-order valence-corrected chi connectivity index (χ1v) is 5.40. The lowest BCUT2D eigenvalue weighted by Gasteiger charge is -2.01. The lowest BCUT2D eigenvalue weighted by molar-refractivity contribution is -0.134. The summed E-state index contributed by atoms with van der Waals surface area (Å²) in [5.74, 6) is -0.422. The third-order valence-corrected chi connectivity index (χ3v) is 2.61. The molecule has 0 aliphatic rings. The molecule has 0 aliphatic heterocycles. The Hall–Kier alpha value is -1.87. The van der Waals surface area contributed by atoms with Crippen LogP contribution in [0.5, 0.6) is 0 Å². The fraction of sp³-hybridized carbons (Fsp3) is 0.0769. The second-order valence-electron chi connectivity index (χ2n) is 3.42. The van der Waals surface area contributed by atoms with Crippen molar-refractivity contribution in [3.8, 4) is 0 Å². The molecule has 0 bridgehead atoms. The number of halogens is 1. The first-order chi connectivity index (χ1) is 8.20. The second kappa shape index (κ2) is 4.97.